The van der Waals surface area contributed by atoms with Gasteiger partial charge in [0, 0.05) is 38.2 Å². The fourth-order valence-electron chi connectivity index (χ4n) is 4.97. The van der Waals surface area contributed by atoms with Crippen LogP contribution >= 0.6 is 15.9 Å². The Bertz CT molecular complexity index is 1070. The van der Waals surface area contributed by atoms with Gasteiger partial charge < -0.3 is 14.4 Å². The highest BCUT2D eigenvalue weighted by Gasteiger charge is 2.38. The Balaban J connectivity index is 1.79. The quantitative estimate of drug-likeness (QED) is 0.561. The monoisotopic (exact) mass is 503 g/mol. The number of methoxy groups -OCH3 is 1. The molecule has 2 aliphatic rings. The van der Waals surface area contributed by atoms with E-state index in [1.807, 2.05) is 30.9 Å². The van der Waals surface area contributed by atoms with Crippen LogP contribution in [0.4, 0.5) is 4.79 Å². The average Bonchev–Trinajstić information content (AvgIpc) is 3.07. The van der Waals surface area contributed by atoms with Crippen LogP contribution in [-0.2, 0) is 20.7 Å². The van der Waals surface area contributed by atoms with Crippen LogP contribution < -0.4 is 0 Å². The van der Waals surface area contributed by atoms with Gasteiger partial charge >= 0.3 is 6.09 Å². The summed E-state index contributed by atoms with van der Waals surface area (Å²) in [4.78, 5) is 30.1. The van der Waals surface area contributed by atoms with Crippen molar-refractivity contribution >= 4 is 44.4 Å². The predicted molar refractivity (Wildman–Crippen MR) is 128 cm³/mol. The first-order valence-electron chi connectivity index (χ1n) is 11.1. The van der Waals surface area contributed by atoms with Gasteiger partial charge in [-0.2, -0.15) is 0 Å². The molecule has 0 unspecified atom stereocenters. The summed E-state index contributed by atoms with van der Waals surface area (Å²) >= 11 is 3.67. The number of ether oxygens (including phenoxy) is 2. The molecule has 0 bridgehead atoms. The standard InChI is InChI=1S/C24H30BrN3O4/c1-5-27(6-2)23(29)15-12-17-16-8-7-9-19-21(16)18(13-20(17)26(3)14-15)22(25)28(19)24(30)32-11-10-31-4/h7-9,12,15,20H,5-6,10-11,13-14H2,1-4H3/t15-,20-/m1/s1. The second kappa shape index (κ2) is 9.37. The smallest absolute Gasteiger partial charge is 0.419 e. The van der Waals surface area contributed by atoms with Crippen molar-refractivity contribution in [3.8, 4) is 0 Å². The summed E-state index contributed by atoms with van der Waals surface area (Å²) in [5.74, 6) is -0.00117. The Morgan fingerprint density at radius 2 is 1.97 bits per heavy atom. The maximum absolute atomic E-state index is 13.1. The number of halogens is 1. The molecule has 1 aromatic heterocycles. The number of rotatable bonds is 6. The SMILES string of the molecule is CCN(CC)C(=O)[C@@H]1C=C2c3cccc4c3c(c(Br)n4C(=O)OCCOC)C[C@H]2N(C)C1. The number of benzene rings is 1. The second-order valence-corrected chi connectivity index (χ2v) is 9.06. The lowest BCUT2D eigenvalue weighted by Gasteiger charge is -2.40. The van der Waals surface area contributed by atoms with Gasteiger partial charge in [0.15, 0.2) is 0 Å². The van der Waals surface area contributed by atoms with Gasteiger partial charge in [-0.1, -0.05) is 18.2 Å². The summed E-state index contributed by atoms with van der Waals surface area (Å²) in [6.45, 7) is 6.69. The number of hydrogen-bond acceptors (Lipinski definition) is 5. The lowest BCUT2D eigenvalue weighted by atomic mass is 9.79. The van der Waals surface area contributed by atoms with Crippen molar-refractivity contribution in [2.24, 2.45) is 5.92 Å². The molecule has 1 amide bonds. The van der Waals surface area contributed by atoms with Gasteiger partial charge in [-0.05, 0) is 66.0 Å². The molecule has 0 radical (unpaired) electrons. The molecular formula is C24H30BrN3O4. The maximum Gasteiger partial charge on any atom is 0.419 e. The van der Waals surface area contributed by atoms with E-state index < -0.39 is 6.09 Å². The molecule has 2 atom stereocenters. The summed E-state index contributed by atoms with van der Waals surface area (Å²) in [5, 5.41) is 1.05. The van der Waals surface area contributed by atoms with Gasteiger partial charge in [0.05, 0.1) is 22.6 Å². The molecule has 172 valence electrons. The Labute approximate surface area is 197 Å². The molecule has 0 N–H and O–H groups in total. The van der Waals surface area contributed by atoms with E-state index in [1.165, 1.54) is 5.57 Å². The van der Waals surface area contributed by atoms with E-state index in [1.54, 1.807) is 11.7 Å². The molecule has 2 heterocycles. The predicted octanol–water partition coefficient (Wildman–Crippen LogP) is 3.77. The zero-order valence-electron chi connectivity index (χ0n) is 19.1. The van der Waals surface area contributed by atoms with Crippen LogP contribution in [0.3, 0.4) is 0 Å². The molecule has 0 saturated carbocycles. The van der Waals surface area contributed by atoms with Crippen molar-refractivity contribution in [2.45, 2.75) is 26.3 Å². The van der Waals surface area contributed by atoms with Crippen LogP contribution in [0.2, 0.25) is 0 Å². The second-order valence-electron chi connectivity index (χ2n) is 8.31. The Hall–Kier alpha value is -2.16. The number of carbonyl (C=O) groups is 2. The van der Waals surface area contributed by atoms with Gasteiger partial charge in [-0.15, -0.1) is 0 Å². The van der Waals surface area contributed by atoms with Crippen LogP contribution in [0, 0.1) is 5.92 Å². The van der Waals surface area contributed by atoms with Crippen molar-refractivity contribution in [1.29, 1.82) is 0 Å². The first-order valence-corrected chi connectivity index (χ1v) is 11.9. The fraction of sp³-hybridized carbons (Fsp3) is 0.500. The number of nitrogens with zero attached hydrogens (tertiary/aromatic N) is 3. The van der Waals surface area contributed by atoms with Gasteiger partial charge in [0.25, 0.3) is 0 Å². The van der Waals surface area contributed by atoms with E-state index in [-0.39, 0.29) is 24.5 Å². The molecule has 0 fully saturated rings. The molecule has 0 saturated heterocycles. The van der Waals surface area contributed by atoms with E-state index in [2.05, 4.69) is 40.0 Å². The van der Waals surface area contributed by atoms with Gasteiger partial charge in [-0.25, -0.2) is 9.36 Å². The molecule has 0 spiro atoms. The lowest BCUT2D eigenvalue weighted by molar-refractivity contribution is -0.134. The van der Waals surface area contributed by atoms with Gasteiger partial charge in [0.2, 0.25) is 5.91 Å². The zero-order valence-corrected chi connectivity index (χ0v) is 20.6. The molecule has 4 rings (SSSR count). The summed E-state index contributed by atoms with van der Waals surface area (Å²) < 4.78 is 12.7. The normalized spacial score (nSPS) is 20.1. The summed E-state index contributed by atoms with van der Waals surface area (Å²) in [6.07, 6.45) is 2.50. The molecule has 32 heavy (non-hydrogen) atoms. The van der Waals surface area contributed by atoms with Gasteiger partial charge in [-0.3, -0.25) is 9.69 Å². The third-order valence-corrected chi connectivity index (χ3v) is 7.42. The van der Waals surface area contributed by atoms with Crippen LogP contribution in [0.15, 0.2) is 28.9 Å². The van der Waals surface area contributed by atoms with E-state index in [9.17, 15) is 9.59 Å². The van der Waals surface area contributed by atoms with E-state index in [4.69, 9.17) is 9.47 Å². The number of aromatic nitrogens is 1. The van der Waals surface area contributed by atoms with Crippen LogP contribution in [0.1, 0.15) is 25.0 Å². The average molecular weight is 504 g/mol. The number of carbonyl (C=O) groups excluding carboxylic acids is 2. The van der Waals surface area contributed by atoms with Crippen LogP contribution in [0.5, 0.6) is 0 Å². The van der Waals surface area contributed by atoms with Crippen molar-refractivity contribution in [3.05, 3.63) is 40.0 Å². The Morgan fingerprint density at radius 3 is 2.66 bits per heavy atom. The lowest BCUT2D eigenvalue weighted by Crippen LogP contribution is -2.47. The van der Waals surface area contributed by atoms with E-state index in [0.29, 0.717) is 26.2 Å². The Kier molecular flexibility index (Phi) is 6.74. The minimum atomic E-state index is -0.427. The van der Waals surface area contributed by atoms with Crippen LogP contribution in [-0.4, -0.2) is 79.4 Å². The van der Waals surface area contributed by atoms with Crippen molar-refractivity contribution < 1.29 is 19.1 Å². The highest BCUT2D eigenvalue weighted by Crippen LogP contribution is 2.45. The molecule has 2 aromatic rings. The third kappa shape index (κ3) is 3.78. The summed E-state index contributed by atoms with van der Waals surface area (Å²) in [7, 11) is 3.65. The number of likely N-dealkylation sites (N-methyl/N-ethyl adjacent to an activating group) is 1. The topological polar surface area (TPSA) is 64.0 Å². The number of fused-ring (bicyclic) bond motifs is 2. The molecule has 8 heteroatoms. The van der Waals surface area contributed by atoms with Crippen LogP contribution in [0.25, 0.3) is 16.5 Å². The number of amides is 1. The minimum Gasteiger partial charge on any atom is -0.446 e. The van der Waals surface area contributed by atoms with Gasteiger partial charge in [0.1, 0.15) is 6.61 Å². The largest absolute Gasteiger partial charge is 0.446 e. The fourth-order valence-corrected chi connectivity index (χ4v) is 5.67. The van der Waals surface area contributed by atoms with Crippen molar-refractivity contribution in [3.63, 3.8) is 0 Å². The summed E-state index contributed by atoms with van der Waals surface area (Å²) in [5.41, 5.74) is 4.16. The highest BCUT2D eigenvalue weighted by atomic mass is 79.9. The molecule has 1 aliphatic carbocycles. The van der Waals surface area contributed by atoms with E-state index >= 15 is 0 Å². The summed E-state index contributed by atoms with van der Waals surface area (Å²) in [6, 6.07) is 6.16. The third-order valence-electron chi connectivity index (χ3n) is 6.58. The Morgan fingerprint density at radius 1 is 1.22 bits per heavy atom. The molecule has 1 aliphatic heterocycles. The highest BCUT2D eigenvalue weighted by molar-refractivity contribution is 9.10. The van der Waals surface area contributed by atoms with E-state index in [0.717, 1.165) is 33.1 Å². The van der Waals surface area contributed by atoms with Crippen molar-refractivity contribution in [1.82, 2.24) is 14.4 Å². The first-order chi connectivity index (χ1) is 15.4. The van der Waals surface area contributed by atoms with Crippen molar-refractivity contribution in [2.75, 3.05) is 47.0 Å². The minimum absolute atomic E-state index is 0.158. The molecule has 1 aromatic carbocycles. The molecular weight excluding hydrogens is 474 g/mol. The number of hydrogen-bond donors (Lipinski definition) is 0. The maximum atomic E-state index is 13.1. The first kappa shape index (κ1) is 23.0. The zero-order chi connectivity index (χ0) is 23.0. The molecule has 7 nitrogen and oxygen atoms in total.